The molecule has 0 radical (unpaired) electrons. The van der Waals surface area contributed by atoms with E-state index in [4.69, 9.17) is 9.47 Å². The number of rotatable bonds is 6. The van der Waals surface area contributed by atoms with Crippen molar-refractivity contribution in [2.75, 3.05) is 56.2 Å². The third kappa shape index (κ3) is 5.23. The molecule has 0 saturated carbocycles. The first kappa shape index (κ1) is 20.6. The topological polar surface area (TPSA) is 72.3 Å². The fraction of sp³-hybridized carbons (Fsp3) is 0.619. The minimum atomic E-state index is -0.151. The Labute approximate surface area is 167 Å². The summed E-state index contributed by atoms with van der Waals surface area (Å²) in [4.78, 5) is 28.0. The maximum atomic E-state index is 12.7. The van der Waals surface area contributed by atoms with Gasteiger partial charge in [-0.25, -0.2) is 0 Å². The van der Waals surface area contributed by atoms with Gasteiger partial charge in [-0.3, -0.25) is 9.59 Å². The molecule has 2 fully saturated rings. The number of quaternary nitrogens is 1. The summed E-state index contributed by atoms with van der Waals surface area (Å²) in [5.74, 6) is -0.102. The van der Waals surface area contributed by atoms with Crippen LogP contribution in [0.15, 0.2) is 24.3 Å². The number of carbonyl (C=O) groups is 2. The van der Waals surface area contributed by atoms with Gasteiger partial charge in [-0.05, 0) is 38.1 Å². The molecule has 2 aliphatic heterocycles. The second-order valence-corrected chi connectivity index (χ2v) is 7.54. The summed E-state index contributed by atoms with van der Waals surface area (Å²) in [5, 5.41) is 3.03. The zero-order valence-corrected chi connectivity index (χ0v) is 16.9. The summed E-state index contributed by atoms with van der Waals surface area (Å²) < 4.78 is 10.5. The van der Waals surface area contributed by atoms with E-state index in [1.54, 1.807) is 0 Å². The van der Waals surface area contributed by atoms with Crippen molar-refractivity contribution in [1.29, 1.82) is 0 Å². The van der Waals surface area contributed by atoms with Gasteiger partial charge in [0.25, 0.3) is 5.91 Å². The number of ether oxygens (including phenoxy) is 2. The molecule has 0 spiro atoms. The van der Waals surface area contributed by atoms with Crippen LogP contribution in [0.3, 0.4) is 0 Å². The van der Waals surface area contributed by atoms with Crippen molar-refractivity contribution in [3.63, 3.8) is 0 Å². The molecule has 154 valence electrons. The molecule has 0 unspecified atom stereocenters. The lowest BCUT2D eigenvalue weighted by Gasteiger charge is -2.31. The van der Waals surface area contributed by atoms with Crippen LogP contribution in [-0.4, -0.2) is 63.9 Å². The summed E-state index contributed by atoms with van der Waals surface area (Å²) in [5.41, 5.74) is 1.97. The summed E-state index contributed by atoms with van der Waals surface area (Å²) in [6.07, 6.45) is 1.56. The monoisotopic (exact) mass is 390 g/mol. The molecule has 28 heavy (non-hydrogen) atoms. The third-order valence-electron chi connectivity index (χ3n) is 5.76. The number of morpholine rings is 1. The van der Waals surface area contributed by atoms with Crippen LogP contribution in [0.5, 0.6) is 0 Å². The average Bonchev–Trinajstić information content (AvgIpc) is 2.74. The number of amides is 1. The highest BCUT2D eigenvalue weighted by molar-refractivity contribution is 5.93. The van der Waals surface area contributed by atoms with E-state index in [2.05, 4.69) is 10.2 Å². The van der Waals surface area contributed by atoms with Gasteiger partial charge >= 0.3 is 5.97 Å². The molecular formula is C21H32N3O4+. The number of anilines is 2. The van der Waals surface area contributed by atoms with Gasteiger partial charge in [0.2, 0.25) is 0 Å². The van der Waals surface area contributed by atoms with Gasteiger partial charge < -0.3 is 24.6 Å². The molecule has 7 nitrogen and oxygen atoms in total. The summed E-state index contributed by atoms with van der Waals surface area (Å²) >= 11 is 0. The predicted molar refractivity (Wildman–Crippen MR) is 108 cm³/mol. The van der Waals surface area contributed by atoms with Crippen LogP contribution in [0.4, 0.5) is 11.4 Å². The fourth-order valence-corrected chi connectivity index (χ4v) is 3.93. The lowest BCUT2D eigenvalue weighted by atomic mass is 9.96. The van der Waals surface area contributed by atoms with Crippen LogP contribution in [0.2, 0.25) is 0 Å². The van der Waals surface area contributed by atoms with E-state index < -0.39 is 0 Å². The Morgan fingerprint density at radius 3 is 2.46 bits per heavy atom. The summed E-state index contributed by atoms with van der Waals surface area (Å²) in [6.45, 7) is 9.14. The zero-order chi connectivity index (χ0) is 19.9. The quantitative estimate of drug-likeness (QED) is 0.700. The number of esters is 1. The largest absolute Gasteiger partial charge is 0.466 e. The molecule has 0 bridgehead atoms. The molecule has 1 atom stereocenters. The Kier molecular flexibility index (Phi) is 7.28. The minimum Gasteiger partial charge on any atom is -0.466 e. The van der Waals surface area contributed by atoms with E-state index in [0.717, 1.165) is 63.6 Å². The Balaban J connectivity index is 1.48. The molecule has 1 amide bonds. The van der Waals surface area contributed by atoms with Crippen molar-refractivity contribution < 1.29 is 24.0 Å². The lowest BCUT2D eigenvalue weighted by Crippen LogP contribution is -3.17. The van der Waals surface area contributed by atoms with Gasteiger partial charge in [-0.1, -0.05) is 0 Å². The van der Waals surface area contributed by atoms with Crippen molar-refractivity contribution in [2.24, 2.45) is 5.92 Å². The molecule has 0 aromatic heterocycles. The Morgan fingerprint density at radius 2 is 1.86 bits per heavy atom. The van der Waals surface area contributed by atoms with Crippen molar-refractivity contribution in [3.8, 4) is 0 Å². The van der Waals surface area contributed by atoms with Crippen LogP contribution in [0.1, 0.15) is 26.7 Å². The minimum absolute atomic E-state index is 0.0173. The molecule has 2 aliphatic rings. The highest BCUT2D eigenvalue weighted by atomic mass is 16.5. The highest BCUT2D eigenvalue weighted by Gasteiger charge is 2.33. The number of hydrogen-bond donors (Lipinski definition) is 2. The van der Waals surface area contributed by atoms with Gasteiger partial charge in [-0.15, -0.1) is 0 Å². The van der Waals surface area contributed by atoms with E-state index in [1.165, 1.54) is 4.90 Å². The number of likely N-dealkylation sites (tertiary alicyclic amines) is 1. The van der Waals surface area contributed by atoms with Gasteiger partial charge in [0.1, 0.15) is 0 Å². The van der Waals surface area contributed by atoms with Gasteiger partial charge in [0, 0.05) is 37.3 Å². The SMILES string of the molecule is CCOC(=O)C1CC[NH+]([C@H](C)C(=O)Nc2ccc(N3CCOCC3)cc2)CC1. The van der Waals surface area contributed by atoms with Crippen LogP contribution < -0.4 is 15.1 Å². The van der Waals surface area contributed by atoms with Crippen LogP contribution >= 0.6 is 0 Å². The van der Waals surface area contributed by atoms with Gasteiger partial charge in [-0.2, -0.15) is 0 Å². The standard InChI is InChI=1S/C21H31N3O4/c1-3-28-21(26)17-8-10-23(11-9-17)16(2)20(25)22-18-4-6-19(7-5-18)24-12-14-27-15-13-24/h4-7,16-17H,3,8-15H2,1-2H3,(H,22,25)/p+1/t16-/m1/s1. The molecule has 2 heterocycles. The molecule has 1 aromatic carbocycles. The molecule has 1 aromatic rings. The second-order valence-electron chi connectivity index (χ2n) is 7.54. The number of nitrogens with zero attached hydrogens (tertiary/aromatic N) is 1. The summed E-state index contributed by atoms with van der Waals surface area (Å²) in [6, 6.07) is 7.85. The first-order chi connectivity index (χ1) is 13.6. The average molecular weight is 391 g/mol. The van der Waals surface area contributed by atoms with E-state index in [0.29, 0.717) is 6.61 Å². The number of hydrogen-bond acceptors (Lipinski definition) is 5. The van der Waals surface area contributed by atoms with Crippen molar-refractivity contribution >= 4 is 23.3 Å². The van der Waals surface area contributed by atoms with E-state index in [9.17, 15) is 9.59 Å². The molecule has 3 rings (SSSR count). The van der Waals surface area contributed by atoms with Crippen LogP contribution in [0, 0.1) is 5.92 Å². The number of carbonyl (C=O) groups excluding carboxylic acids is 2. The zero-order valence-electron chi connectivity index (χ0n) is 16.9. The first-order valence-electron chi connectivity index (χ1n) is 10.3. The van der Waals surface area contributed by atoms with E-state index in [1.807, 2.05) is 38.1 Å². The predicted octanol–water partition coefficient (Wildman–Crippen LogP) is 0.708. The van der Waals surface area contributed by atoms with Crippen molar-refractivity contribution in [3.05, 3.63) is 24.3 Å². The number of piperidine rings is 1. The van der Waals surface area contributed by atoms with E-state index in [-0.39, 0.29) is 23.8 Å². The maximum absolute atomic E-state index is 12.7. The first-order valence-corrected chi connectivity index (χ1v) is 10.3. The molecule has 0 aliphatic carbocycles. The molecule has 2 N–H and O–H groups in total. The third-order valence-corrected chi connectivity index (χ3v) is 5.76. The number of nitrogens with one attached hydrogen (secondary N) is 2. The van der Waals surface area contributed by atoms with Crippen LogP contribution in [0.25, 0.3) is 0 Å². The van der Waals surface area contributed by atoms with Crippen LogP contribution in [-0.2, 0) is 19.1 Å². The second kappa shape index (κ2) is 9.89. The smallest absolute Gasteiger partial charge is 0.309 e. The lowest BCUT2D eigenvalue weighted by molar-refractivity contribution is -0.919. The fourth-order valence-electron chi connectivity index (χ4n) is 3.93. The highest BCUT2D eigenvalue weighted by Crippen LogP contribution is 2.19. The Morgan fingerprint density at radius 1 is 1.21 bits per heavy atom. The van der Waals surface area contributed by atoms with Gasteiger partial charge in [0.15, 0.2) is 6.04 Å². The van der Waals surface area contributed by atoms with Crippen molar-refractivity contribution in [2.45, 2.75) is 32.7 Å². The molecule has 2 saturated heterocycles. The molecule has 7 heteroatoms. The summed E-state index contributed by atoms with van der Waals surface area (Å²) in [7, 11) is 0. The molecular weight excluding hydrogens is 358 g/mol. The Hall–Kier alpha value is -2.12. The maximum Gasteiger partial charge on any atom is 0.309 e. The number of benzene rings is 1. The van der Waals surface area contributed by atoms with E-state index >= 15 is 0 Å². The Bertz CT molecular complexity index is 650. The van der Waals surface area contributed by atoms with Gasteiger partial charge in [0.05, 0.1) is 38.8 Å². The normalized spacial score (nSPS) is 23.7. The van der Waals surface area contributed by atoms with Crippen molar-refractivity contribution in [1.82, 2.24) is 0 Å².